The molecule has 0 atom stereocenters. The van der Waals surface area contributed by atoms with E-state index in [2.05, 4.69) is 4.72 Å². The van der Waals surface area contributed by atoms with Crippen molar-refractivity contribution >= 4 is 21.4 Å². The average molecular weight is 277 g/mol. The zero-order chi connectivity index (χ0) is 13.1. The molecule has 2 N–H and O–H groups in total. The molecular formula is C11H19NO3S2. The first kappa shape index (κ1) is 14.6. The molecule has 0 saturated carbocycles. The Bertz CT molecular complexity index is 463. The van der Waals surface area contributed by atoms with E-state index in [0.717, 1.165) is 11.3 Å². The molecule has 0 spiro atoms. The van der Waals surface area contributed by atoms with Crippen molar-refractivity contribution in [2.24, 2.45) is 5.41 Å². The summed E-state index contributed by atoms with van der Waals surface area (Å²) in [4.78, 5) is 1.05. The van der Waals surface area contributed by atoms with Crippen LogP contribution in [-0.4, -0.2) is 26.7 Å². The van der Waals surface area contributed by atoms with E-state index in [1.54, 1.807) is 19.9 Å². The molecule has 6 heteroatoms. The maximum absolute atomic E-state index is 11.9. The molecule has 0 fully saturated rings. The second-order valence-corrected chi connectivity index (χ2v) is 7.88. The number of sulfonamides is 1. The third kappa shape index (κ3) is 4.06. The van der Waals surface area contributed by atoms with Crippen LogP contribution in [0.5, 0.6) is 0 Å². The molecule has 0 amide bonds. The van der Waals surface area contributed by atoms with Gasteiger partial charge in [-0.1, -0.05) is 20.8 Å². The number of rotatable bonds is 6. The van der Waals surface area contributed by atoms with Gasteiger partial charge in [-0.2, -0.15) is 0 Å². The summed E-state index contributed by atoms with van der Waals surface area (Å²) in [5, 5.41) is 9.07. The first-order valence-corrected chi connectivity index (χ1v) is 7.80. The van der Waals surface area contributed by atoms with Crippen LogP contribution in [0.15, 0.2) is 16.3 Å². The molecule has 0 aliphatic carbocycles. The van der Waals surface area contributed by atoms with Gasteiger partial charge in [0.05, 0.1) is 0 Å². The van der Waals surface area contributed by atoms with Gasteiger partial charge in [-0.3, -0.25) is 0 Å². The van der Waals surface area contributed by atoms with Crippen LogP contribution < -0.4 is 4.72 Å². The van der Waals surface area contributed by atoms with Gasteiger partial charge in [-0.25, -0.2) is 13.1 Å². The van der Waals surface area contributed by atoms with Crippen LogP contribution in [0.2, 0.25) is 0 Å². The number of hydrogen-bond donors (Lipinski definition) is 2. The highest BCUT2D eigenvalue weighted by Crippen LogP contribution is 2.22. The number of aliphatic hydroxyl groups excluding tert-OH is 1. The second kappa shape index (κ2) is 5.48. The molecule has 98 valence electrons. The van der Waals surface area contributed by atoms with Crippen LogP contribution in [0, 0.1) is 5.41 Å². The molecule has 0 bridgehead atoms. The highest BCUT2D eigenvalue weighted by Gasteiger charge is 2.22. The van der Waals surface area contributed by atoms with Crippen molar-refractivity contribution in [3.8, 4) is 0 Å². The summed E-state index contributed by atoms with van der Waals surface area (Å²) in [6, 6.07) is 3.45. The number of hydrogen-bond acceptors (Lipinski definition) is 4. The van der Waals surface area contributed by atoms with Crippen molar-refractivity contribution in [1.82, 2.24) is 4.72 Å². The molecule has 1 aromatic rings. The van der Waals surface area contributed by atoms with Gasteiger partial charge in [-0.05, 0) is 18.6 Å². The predicted molar refractivity (Wildman–Crippen MR) is 69.8 cm³/mol. The van der Waals surface area contributed by atoms with Crippen LogP contribution in [0.25, 0.3) is 0 Å². The van der Waals surface area contributed by atoms with E-state index in [1.807, 2.05) is 13.0 Å². The zero-order valence-electron chi connectivity index (χ0n) is 10.4. The Hall–Kier alpha value is -0.430. The minimum atomic E-state index is -3.44. The van der Waals surface area contributed by atoms with Crippen molar-refractivity contribution in [2.75, 3.05) is 13.2 Å². The van der Waals surface area contributed by atoms with Gasteiger partial charge in [-0.15, -0.1) is 11.3 Å². The Morgan fingerprint density at radius 1 is 1.41 bits per heavy atom. The van der Waals surface area contributed by atoms with Gasteiger partial charge < -0.3 is 5.11 Å². The molecule has 0 radical (unpaired) electrons. The van der Waals surface area contributed by atoms with Gasteiger partial charge >= 0.3 is 0 Å². The summed E-state index contributed by atoms with van der Waals surface area (Å²) >= 11 is 1.29. The van der Waals surface area contributed by atoms with E-state index in [0.29, 0.717) is 4.21 Å². The van der Waals surface area contributed by atoms with Crippen molar-refractivity contribution in [2.45, 2.75) is 31.4 Å². The van der Waals surface area contributed by atoms with Crippen molar-refractivity contribution < 1.29 is 13.5 Å². The fourth-order valence-electron chi connectivity index (χ4n) is 1.11. The molecule has 1 heterocycles. The van der Waals surface area contributed by atoms with Gasteiger partial charge in [0.1, 0.15) is 4.21 Å². The molecule has 0 aliphatic heterocycles. The van der Waals surface area contributed by atoms with Crippen molar-refractivity contribution in [1.29, 1.82) is 0 Å². The van der Waals surface area contributed by atoms with Gasteiger partial charge in [0.15, 0.2) is 0 Å². The van der Waals surface area contributed by atoms with Crippen LogP contribution in [0.3, 0.4) is 0 Å². The Morgan fingerprint density at radius 3 is 2.53 bits per heavy atom. The quantitative estimate of drug-likeness (QED) is 0.830. The second-order valence-electron chi connectivity index (χ2n) is 4.72. The molecule has 0 unspecified atom stereocenters. The lowest BCUT2D eigenvalue weighted by Crippen LogP contribution is -2.35. The van der Waals surface area contributed by atoms with Crippen LogP contribution in [0.1, 0.15) is 25.6 Å². The minimum absolute atomic E-state index is 0.0554. The molecule has 4 nitrogen and oxygen atoms in total. The lowest BCUT2D eigenvalue weighted by Gasteiger charge is -2.21. The molecule has 1 rings (SSSR count). The fourth-order valence-corrected chi connectivity index (χ4v) is 3.69. The van der Waals surface area contributed by atoms with E-state index < -0.39 is 15.4 Å². The normalized spacial score (nSPS) is 12.9. The lowest BCUT2D eigenvalue weighted by atomic mass is 9.96. The molecule has 1 aromatic heterocycles. The van der Waals surface area contributed by atoms with E-state index >= 15 is 0 Å². The molecule has 17 heavy (non-hydrogen) atoms. The van der Waals surface area contributed by atoms with E-state index in [1.165, 1.54) is 11.3 Å². The molecule has 0 aliphatic rings. The Labute approximate surface area is 107 Å². The van der Waals surface area contributed by atoms with E-state index in [4.69, 9.17) is 5.11 Å². The monoisotopic (exact) mass is 277 g/mol. The first-order valence-electron chi connectivity index (χ1n) is 5.50. The molecule has 0 saturated heterocycles. The highest BCUT2D eigenvalue weighted by molar-refractivity contribution is 7.91. The third-order valence-corrected chi connectivity index (χ3v) is 5.54. The smallest absolute Gasteiger partial charge is 0.250 e. The summed E-state index contributed by atoms with van der Waals surface area (Å²) < 4.78 is 26.7. The average Bonchev–Trinajstić information content (AvgIpc) is 2.76. The Balaban J connectivity index is 2.76. The maximum Gasteiger partial charge on any atom is 0.250 e. The van der Waals surface area contributed by atoms with Gasteiger partial charge in [0.25, 0.3) is 0 Å². The Morgan fingerprint density at radius 2 is 2.06 bits per heavy atom. The fraction of sp³-hybridized carbons (Fsp3) is 0.636. The summed E-state index contributed by atoms with van der Waals surface area (Å²) in [6.07, 6.45) is 0.836. The Kier molecular flexibility index (Phi) is 4.71. The predicted octanol–water partition coefficient (Wildman–Crippen LogP) is 1.61. The van der Waals surface area contributed by atoms with E-state index in [9.17, 15) is 8.42 Å². The van der Waals surface area contributed by atoms with Crippen molar-refractivity contribution in [3.05, 3.63) is 17.0 Å². The topological polar surface area (TPSA) is 66.4 Å². The van der Waals surface area contributed by atoms with E-state index in [-0.39, 0.29) is 13.2 Å². The zero-order valence-corrected chi connectivity index (χ0v) is 12.0. The van der Waals surface area contributed by atoms with Crippen LogP contribution in [-0.2, 0) is 16.4 Å². The number of aliphatic hydroxyl groups is 1. The van der Waals surface area contributed by atoms with Crippen LogP contribution >= 0.6 is 11.3 Å². The third-order valence-electron chi connectivity index (χ3n) is 2.42. The summed E-state index contributed by atoms with van der Waals surface area (Å²) in [5.41, 5.74) is -0.447. The van der Waals surface area contributed by atoms with Crippen molar-refractivity contribution in [3.63, 3.8) is 0 Å². The largest absolute Gasteiger partial charge is 0.396 e. The number of nitrogens with one attached hydrogen (secondary N) is 1. The SMILES string of the molecule is CCc1ccc(S(=O)(=O)NCC(C)(C)CO)s1. The standard InChI is InChI=1S/C11H19NO3S2/c1-4-9-5-6-10(16-9)17(14,15)12-7-11(2,3)8-13/h5-6,12-13H,4,7-8H2,1-3H3. The molecule has 0 aromatic carbocycles. The maximum atomic E-state index is 11.9. The summed E-state index contributed by atoms with van der Waals surface area (Å²) in [5.74, 6) is 0. The number of thiophene rings is 1. The first-order chi connectivity index (χ1) is 7.80. The highest BCUT2D eigenvalue weighted by atomic mass is 32.2. The summed E-state index contributed by atoms with van der Waals surface area (Å²) in [6.45, 7) is 5.78. The minimum Gasteiger partial charge on any atom is -0.396 e. The van der Waals surface area contributed by atoms with Gasteiger partial charge in [0, 0.05) is 23.4 Å². The molecular weight excluding hydrogens is 258 g/mol. The summed E-state index contributed by atoms with van der Waals surface area (Å²) in [7, 11) is -3.44. The van der Waals surface area contributed by atoms with Crippen LogP contribution in [0.4, 0.5) is 0 Å². The lowest BCUT2D eigenvalue weighted by molar-refractivity contribution is 0.163. The number of aryl methyl sites for hydroxylation is 1. The van der Waals surface area contributed by atoms with Gasteiger partial charge in [0.2, 0.25) is 10.0 Å².